The molecule has 0 spiro atoms. The summed E-state index contributed by atoms with van der Waals surface area (Å²) in [6, 6.07) is 1.48. The fourth-order valence-electron chi connectivity index (χ4n) is 0.770. The van der Waals surface area contributed by atoms with Crippen LogP contribution in [0.3, 0.4) is 0 Å². The molecule has 4 N–H and O–H groups in total. The van der Waals surface area contributed by atoms with Crippen LogP contribution in [-0.4, -0.2) is 16.9 Å². The Bertz CT molecular complexity index is 396. The van der Waals surface area contributed by atoms with E-state index in [2.05, 4.69) is 4.98 Å². The molecule has 1 aromatic heterocycles. The van der Waals surface area contributed by atoms with Crippen molar-refractivity contribution < 1.29 is 9.59 Å². The molecule has 0 atom stereocenters. The maximum atomic E-state index is 11.0. The van der Waals surface area contributed by atoms with Gasteiger partial charge >= 0.3 is 6.03 Å². The van der Waals surface area contributed by atoms with Crippen LogP contribution in [0.25, 0.3) is 0 Å². The normalized spacial score (nSPS) is 9.23. The minimum Gasteiger partial charge on any atom is -0.351 e. The zero-order valence-electron chi connectivity index (χ0n) is 6.53. The van der Waals surface area contributed by atoms with Gasteiger partial charge in [0.2, 0.25) is 5.56 Å². The van der Waals surface area contributed by atoms with Gasteiger partial charge in [-0.3, -0.25) is 14.9 Å². The molecule has 1 rings (SSSR count). The molecule has 0 fully saturated rings. The first-order valence-electron chi connectivity index (χ1n) is 3.39. The number of imide groups is 1. The summed E-state index contributed by atoms with van der Waals surface area (Å²) in [6.45, 7) is 0. The van der Waals surface area contributed by atoms with Crippen LogP contribution in [0.1, 0.15) is 10.4 Å². The highest BCUT2D eigenvalue weighted by Crippen LogP contribution is 1.91. The average Bonchev–Trinajstić information content (AvgIpc) is 2.03. The van der Waals surface area contributed by atoms with Crippen LogP contribution in [0.15, 0.2) is 23.1 Å². The molecule has 0 saturated carbocycles. The number of hydrogen-bond acceptors (Lipinski definition) is 3. The Labute approximate surface area is 72.8 Å². The van der Waals surface area contributed by atoms with Gasteiger partial charge in [0.05, 0.1) is 0 Å². The summed E-state index contributed by atoms with van der Waals surface area (Å²) < 4.78 is 0. The van der Waals surface area contributed by atoms with E-state index in [0.29, 0.717) is 0 Å². The minimum absolute atomic E-state index is 0.0857. The highest BCUT2D eigenvalue weighted by molar-refractivity contribution is 6.03. The summed E-state index contributed by atoms with van der Waals surface area (Å²) in [4.78, 5) is 34.4. The molecule has 0 aliphatic rings. The van der Waals surface area contributed by atoms with E-state index in [-0.39, 0.29) is 5.56 Å². The number of urea groups is 1. The van der Waals surface area contributed by atoms with Crippen molar-refractivity contribution in [1.82, 2.24) is 10.3 Å². The number of nitrogens with one attached hydrogen (secondary N) is 2. The molecule has 1 aromatic rings. The quantitative estimate of drug-likeness (QED) is 0.527. The smallest absolute Gasteiger partial charge is 0.319 e. The number of hydrogen-bond donors (Lipinski definition) is 3. The van der Waals surface area contributed by atoms with Crippen LogP contribution >= 0.6 is 0 Å². The Morgan fingerprint density at radius 3 is 2.69 bits per heavy atom. The Kier molecular flexibility index (Phi) is 2.44. The Hall–Kier alpha value is -2.11. The van der Waals surface area contributed by atoms with Gasteiger partial charge in [-0.05, 0) is 6.07 Å². The SMILES string of the molecule is NC(=O)NC(=O)c1cc[nH]c(=O)c1. The first-order chi connectivity index (χ1) is 6.09. The van der Waals surface area contributed by atoms with Crippen LogP contribution in [0, 0.1) is 0 Å². The number of carbonyl (C=O) groups is 2. The monoisotopic (exact) mass is 181 g/mol. The van der Waals surface area contributed by atoms with Crippen LogP contribution in [0.5, 0.6) is 0 Å². The number of H-pyrrole nitrogens is 1. The number of aromatic nitrogens is 1. The second-order valence-electron chi connectivity index (χ2n) is 2.26. The molecule has 6 nitrogen and oxygen atoms in total. The van der Waals surface area contributed by atoms with Crippen molar-refractivity contribution >= 4 is 11.9 Å². The molecule has 68 valence electrons. The van der Waals surface area contributed by atoms with Crippen molar-refractivity contribution in [3.8, 4) is 0 Å². The number of carbonyl (C=O) groups excluding carboxylic acids is 2. The van der Waals surface area contributed by atoms with Gasteiger partial charge in [0.15, 0.2) is 0 Å². The fourth-order valence-corrected chi connectivity index (χ4v) is 0.770. The van der Waals surface area contributed by atoms with Gasteiger partial charge in [0.1, 0.15) is 0 Å². The molecule has 0 aromatic carbocycles. The third kappa shape index (κ3) is 2.44. The zero-order valence-corrected chi connectivity index (χ0v) is 6.53. The lowest BCUT2D eigenvalue weighted by Gasteiger charge is -1.98. The molecule has 0 aliphatic carbocycles. The molecule has 13 heavy (non-hydrogen) atoms. The van der Waals surface area contributed by atoms with E-state index in [9.17, 15) is 14.4 Å². The first kappa shape index (κ1) is 8.98. The molecule has 6 heteroatoms. The molecule has 0 radical (unpaired) electrons. The van der Waals surface area contributed by atoms with E-state index in [1.54, 1.807) is 0 Å². The number of rotatable bonds is 1. The van der Waals surface area contributed by atoms with E-state index in [1.165, 1.54) is 12.3 Å². The van der Waals surface area contributed by atoms with Gasteiger partial charge in [-0.2, -0.15) is 0 Å². The van der Waals surface area contributed by atoms with Crippen molar-refractivity contribution in [1.29, 1.82) is 0 Å². The number of amides is 3. The summed E-state index contributed by atoms with van der Waals surface area (Å²) in [7, 11) is 0. The second kappa shape index (κ2) is 3.53. The fraction of sp³-hybridized carbons (Fsp3) is 0. The summed E-state index contributed by atoms with van der Waals surface area (Å²) in [5.74, 6) is -0.696. The number of nitrogens with two attached hydrogens (primary N) is 1. The largest absolute Gasteiger partial charge is 0.351 e. The van der Waals surface area contributed by atoms with E-state index < -0.39 is 17.5 Å². The Morgan fingerprint density at radius 1 is 1.46 bits per heavy atom. The molecule has 0 aliphatic heterocycles. The maximum Gasteiger partial charge on any atom is 0.319 e. The first-order valence-corrected chi connectivity index (χ1v) is 3.39. The lowest BCUT2D eigenvalue weighted by molar-refractivity contribution is 0.0966. The molecular weight excluding hydrogens is 174 g/mol. The summed E-state index contributed by atoms with van der Waals surface area (Å²) in [6.07, 6.45) is 1.30. The standard InChI is InChI=1S/C7H7N3O3/c8-7(13)10-6(12)4-1-2-9-5(11)3-4/h1-3H,(H,9,11)(H3,8,10,12,13). The Morgan fingerprint density at radius 2 is 2.15 bits per heavy atom. The number of pyridine rings is 1. The van der Waals surface area contributed by atoms with Crippen LogP contribution in [0.2, 0.25) is 0 Å². The average molecular weight is 181 g/mol. The van der Waals surface area contributed by atoms with Gasteiger partial charge in [0, 0.05) is 17.8 Å². The molecule has 0 unspecified atom stereocenters. The van der Waals surface area contributed by atoms with E-state index >= 15 is 0 Å². The highest BCUT2D eigenvalue weighted by atomic mass is 16.2. The van der Waals surface area contributed by atoms with Crippen LogP contribution in [-0.2, 0) is 0 Å². The van der Waals surface area contributed by atoms with Gasteiger partial charge in [-0.25, -0.2) is 4.79 Å². The second-order valence-corrected chi connectivity index (χ2v) is 2.26. The zero-order chi connectivity index (χ0) is 9.84. The lowest BCUT2D eigenvalue weighted by atomic mass is 10.2. The number of primary amides is 1. The third-order valence-electron chi connectivity index (χ3n) is 1.27. The molecule has 3 amide bonds. The van der Waals surface area contributed by atoms with Crippen LogP contribution in [0.4, 0.5) is 4.79 Å². The maximum absolute atomic E-state index is 11.0. The number of aromatic amines is 1. The van der Waals surface area contributed by atoms with E-state index in [1.807, 2.05) is 5.32 Å². The van der Waals surface area contributed by atoms with Gasteiger partial charge in [-0.15, -0.1) is 0 Å². The minimum atomic E-state index is -0.953. The van der Waals surface area contributed by atoms with Gasteiger partial charge in [-0.1, -0.05) is 0 Å². The predicted octanol–water partition coefficient (Wildman–Crippen LogP) is -0.817. The van der Waals surface area contributed by atoms with Crippen molar-refractivity contribution in [3.63, 3.8) is 0 Å². The predicted molar refractivity (Wildman–Crippen MR) is 44.1 cm³/mol. The molecule has 0 bridgehead atoms. The van der Waals surface area contributed by atoms with Gasteiger partial charge < -0.3 is 10.7 Å². The van der Waals surface area contributed by atoms with Crippen molar-refractivity contribution in [3.05, 3.63) is 34.2 Å². The van der Waals surface area contributed by atoms with Crippen molar-refractivity contribution in [2.24, 2.45) is 5.73 Å². The lowest BCUT2D eigenvalue weighted by Crippen LogP contribution is -2.35. The van der Waals surface area contributed by atoms with Crippen molar-refractivity contribution in [2.75, 3.05) is 0 Å². The van der Waals surface area contributed by atoms with Gasteiger partial charge in [0.25, 0.3) is 5.91 Å². The van der Waals surface area contributed by atoms with E-state index in [4.69, 9.17) is 5.73 Å². The summed E-state index contributed by atoms with van der Waals surface area (Å²) in [5.41, 5.74) is 4.38. The molecule has 1 heterocycles. The highest BCUT2D eigenvalue weighted by Gasteiger charge is 2.06. The third-order valence-corrected chi connectivity index (χ3v) is 1.27. The van der Waals surface area contributed by atoms with E-state index in [0.717, 1.165) is 6.07 Å². The van der Waals surface area contributed by atoms with Crippen molar-refractivity contribution in [2.45, 2.75) is 0 Å². The summed E-state index contributed by atoms with van der Waals surface area (Å²) in [5, 5.41) is 1.83. The topological polar surface area (TPSA) is 105 Å². The Balaban J connectivity index is 2.89. The molecule has 0 saturated heterocycles. The summed E-state index contributed by atoms with van der Waals surface area (Å²) >= 11 is 0. The van der Waals surface area contributed by atoms with Crippen LogP contribution < -0.4 is 16.6 Å². The molecular formula is C7H7N3O3.